The van der Waals surface area contributed by atoms with E-state index in [0.29, 0.717) is 23.5 Å². The van der Waals surface area contributed by atoms with Crippen LogP contribution in [0.1, 0.15) is 80.1 Å². The molecule has 1 aliphatic carbocycles. The first-order valence-corrected chi connectivity index (χ1v) is 9.31. The molecule has 0 bridgehead atoms. The molecule has 3 unspecified atom stereocenters. The van der Waals surface area contributed by atoms with Crippen molar-refractivity contribution in [2.45, 2.75) is 104 Å². The second-order valence-electron chi connectivity index (χ2n) is 9.38. The normalized spacial score (nSPS) is 28.9. The maximum atomic E-state index is 12.4. The van der Waals surface area contributed by atoms with Crippen molar-refractivity contribution < 1.29 is 9.53 Å². The first-order valence-electron chi connectivity index (χ1n) is 9.31. The molecule has 3 atom stereocenters. The average molecular weight is 325 g/mol. The highest BCUT2D eigenvalue weighted by Crippen LogP contribution is 2.37. The van der Waals surface area contributed by atoms with E-state index in [1.165, 1.54) is 19.3 Å². The summed E-state index contributed by atoms with van der Waals surface area (Å²) in [6.45, 7) is 13.6. The van der Waals surface area contributed by atoms with E-state index in [1.807, 2.05) is 25.7 Å². The number of likely N-dealkylation sites (tertiary alicyclic amines) is 1. The summed E-state index contributed by atoms with van der Waals surface area (Å²) in [6.07, 6.45) is 6.92. The second-order valence-corrected chi connectivity index (χ2v) is 9.38. The molecule has 1 saturated carbocycles. The quantitative estimate of drug-likeness (QED) is 0.836. The smallest absolute Gasteiger partial charge is 0.410 e. The molecule has 0 radical (unpaired) electrons. The maximum Gasteiger partial charge on any atom is 0.410 e. The van der Waals surface area contributed by atoms with E-state index >= 15 is 0 Å². The lowest BCUT2D eigenvalue weighted by atomic mass is 9.91. The van der Waals surface area contributed by atoms with Gasteiger partial charge in [-0.05, 0) is 71.6 Å². The summed E-state index contributed by atoms with van der Waals surface area (Å²) in [6, 6.07) is 1.40. The van der Waals surface area contributed by atoms with Crippen LogP contribution in [0.25, 0.3) is 0 Å². The topological polar surface area (TPSA) is 41.6 Å². The zero-order valence-corrected chi connectivity index (χ0v) is 15.9. The monoisotopic (exact) mass is 324 g/mol. The lowest BCUT2D eigenvalue weighted by molar-refractivity contribution is 0.0214. The largest absolute Gasteiger partial charge is 0.444 e. The minimum Gasteiger partial charge on any atom is -0.444 e. The Morgan fingerprint density at radius 2 is 2.04 bits per heavy atom. The molecule has 2 fully saturated rings. The van der Waals surface area contributed by atoms with Crippen molar-refractivity contribution in [3.05, 3.63) is 0 Å². The van der Waals surface area contributed by atoms with Crippen LogP contribution in [0.5, 0.6) is 0 Å². The number of rotatable bonds is 4. The zero-order chi connectivity index (χ0) is 17.3. The number of ether oxygens (including phenoxy) is 1. The summed E-state index contributed by atoms with van der Waals surface area (Å²) in [4.78, 5) is 14.3. The molecule has 134 valence electrons. The lowest BCUT2D eigenvalue weighted by Crippen LogP contribution is -2.44. The number of nitrogens with one attached hydrogen (secondary N) is 1. The summed E-state index contributed by atoms with van der Waals surface area (Å²) in [5.41, 5.74) is 0.0663. The van der Waals surface area contributed by atoms with Gasteiger partial charge in [0.25, 0.3) is 0 Å². The Bertz CT molecular complexity index is 414. The van der Waals surface area contributed by atoms with Crippen LogP contribution < -0.4 is 5.32 Å². The fraction of sp³-hybridized carbons (Fsp3) is 0.947. The highest BCUT2D eigenvalue weighted by molar-refractivity contribution is 5.68. The number of hydrogen-bond acceptors (Lipinski definition) is 3. The Labute approximate surface area is 142 Å². The average Bonchev–Trinajstić information content (AvgIpc) is 2.93. The van der Waals surface area contributed by atoms with Gasteiger partial charge in [0.1, 0.15) is 5.60 Å². The molecule has 0 aromatic heterocycles. The van der Waals surface area contributed by atoms with Crippen molar-refractivity contribution in [2.24, 2.45) is 5.41 Å². The van der Waals surface area contributed by atoms with Crippen LogP contribution in [0.3, 0.4) is 0 Å². The van der Waals surface area contributed by atoms with Crippen LogP contribution in [0, 0.1) is 5.41 Å². The molecule has 1 N–H and O–H groups in total. The van der Waals surface area contributed by atoms with Gasteiger partial charge in [-0.2, -0.15) is 0 Å². The molecule has 1 heterocycles. The van der Waals surface area contributed by atoms with Crippen molar-refractivity contribution >= 4 is 6.09 Å². The molecule has 1 amide bonds. The van der Waals surface area contributed by atoms with E-state index in [1.54, 1.807) is 0 Å². The van der Waals surface area contributed by atoms with Gasteiger partial charge in [-0.1, -0.05) is 13.8 Å². The predicted molar refractivity (Wildman–Crippen MR) is 94.6 cm³/mol. The molecule has 1 saturated heterocycles. The number of amides is 1. The zero-order valence-electron chi connectivity index (χ0n) is 15.9. The Hall–Kier alpha value is -0.770. The van der Waals surface area contributed by atoms with Gasteiger partial charge in [0.2, 0.25) is 0 Å². The van der Waals surface area contributed by atoms with E-state index in [-0.39, 0.29) is 6.09 Å². The Kier molecular flexibility index (Phi) is 5.65. The van der Waals surface area contributed by atoms with Crippen LogP contribution in [0.15, 0.2) is 0 Å². The standard InChI is InChI=1S/C19H36N2O2/c1-14(20-15-9-10-19(5,6)13-15)12-16-8-7-11-21(16)17(22)23-18(2,3)4/h14-16,20H,7-13H2,1-6H3. The number of carbonyl (C=O) groups excluding carboxylic acids is 1. The summed E-state index contributed by atoms with van der Waals surface area (Å²) in [7, 11) is 0. The fourth-order valence-corrected chi connectivity index (χ4v) is 4.10. The predicted octanol–water partition coefficient (Wildman–Crippen LogP) is 4.33. The molecular formula is C19H36N2O2. The van der Waals surface area contributed by atoms with Gasteiger partial charge in [-0.15, -0.1) is 0 Å². The summed E-state index contributed by atoms with van der Waals surface area (Å²) in [5, 5.41) is 3.79. The summed E-state index contributed by atoms with van der Waals surface area (Å²) in [5.74, 6) is 0. The van der Waals surface area contributed by atoms with Crippen LogP contribution in [-0.4, -0.2) is 41.3 Å². The Morgan fingerprint density at radius 3 is 2.61 bits per heavy atom. The fourth-order valence-electron chi connectivity index (χ4n) is 4.10. The van der Waals surface area contributed by atoms with Crippen LogP contribution in [0.2, 0.25) is 0 Å². The number of hydrogen-bond donors (Lipinski definition) is 1. The molecular weight excluding hydrogens is 288 g/mol. The van der Waals surface area contributed by atoms with Crippen molar-refractivity contribution in [3.8, 4) is 0 Å². The van der Waals surface area contributed by atoms with Gasteiger partial charge in [-0.3, -0.25) is 0 Å². The van der Waals surface area contributed by atoms with E-state index < -0.39 is 5.60 Å². The third kappa shape index (κ3) is 5.66. The van der Waals surface area contributed by atoms with E-state index in [9.17, 15) is 4.79 Å². The van der Waals surface area contributed by atoms with E-state index in [4.69, 9.17) is 4.74 Å². The minimum atomic E-state index is -0.413. The van der Waals surface area contributed by atoms with Crippen molar-refractivity contribution in [3.63, 3.8) is 0 Å². The SMILES string of the molecule is CC(CC1CCCN1C(=O)OC(C)(C)C)NC1CCC(C)(C)C1. The molecule has 1 aliphatic heterocycles. The van der Waals surface area contributed by atoms with Gasteiger partial charge in [0, 0.05) is 24.7 Å². The van der Waals surface area contributed by atoms with Crippen LogP contribution >= 0.6 is 0 Å². The first-order chi connectivity index (χ1) is 10.6. The maximum absolute atomic E-state index is 12.4. The molecule has 0 spiro atoms. The van der Waals surface area contributed by atoms with Crippen molar-refractivity contribution in [1.29, 1.82) is 0 Å². The minimum absolute atomic E-state index is 0.144. The molecule has 4 nitrogen and oxygen atoms in total. The Morgan fingerprint density at radius 1 is 1.35 bits per heavy atom. The van der Waals surface area contributed by atoms with E-state index in [2.05, 4.69) is 26.1 Å². The number of carbonyl (C=O) groups is 1. The Balaban J connectivity index is 1.82. The van der Waals surface area contributed by atoms with E-state index in [0.717, 1.165) is 25.8 Å². The van der Waals surface area contributed by atoms with Crippen molar-refractivity contribution in [2.75, 3.05) is 6.54 Å². The van der Waals surface area contributed by atoms with Gasteiger partial charge >= 0.3 is 6.09 Å². The van der Waals surface area contributed by atoms with Gasteiger partial charge in [0.15, 0.2) is 0 Å². The first kappa shape index (κ1) is 18.6. The third-order valence-corrected chi connectivity index (χ3v) is 5.12. The van der Waals surface area contributed by atoms with Gasteiger partial charge in [-0.25, -0.2) is 4.79 Å². The summed E-state index contributed by atoms with van der Waals surface area (Å²) >= 11 is 0. The molecule has 4 heteroatoms. The van der Waals surface area contributed by atoms with Crippen LogP contribution in [-0.2, 0) is 4.74 Å². The van der Waals surface area contributed by atoms with Gasteiger partial charge in [0.05, 0.1) is 0 Å². The molecule has 2 rings (SSSR count). The second kappa shape index (κ2) is 7.00. The molecule has 0 aromatic rings. The molecule has 2 aliphatic rings. The van der Waals surface area contributed by atoms with Crippen LogP contribution in [0.4, 0.5) is 4.79 Å². The van der Waals surface area contributed by atoms with Crippen molar-refractivity contribution in [1.82, 2.24) is 10.2 Å². The highest BCUT2D eigenvalue weighted by Gasteiger charge is 2.35. The highest BCUT2D eigenvalue weighted by atomic mass is 16.6. The van der Waals surface area contributed by atoms with Gasteiger partial charge < -0.3 is 15.0 Å². The summed E-state index contributed by atoms with van der Waals surface area (Å²) < 4.78 is 5.56. The third-order valence-electron chi connectivity index (χ3n) is 5.12. The number of nitrogens with zero attached hydrogens (tertiary/aromatic N) is 1. The molecule has 23 heavy (non-hydrogen) atoms. The lowest BCUT2D eigenvalue weighted by Gasteiger charge is -2.31. The molecule has 0 aromatic carbocycles.